The van der Waals surface area contributed by atoms with Crippen molar-refractivity contribution in [3.8, 4) is 0 Å². The van der Waals surface area contributed by atoms with Crippen LogP contribution in [0.2, 0.25) is 0 Å². The zero-order chi connectivity index (χ0) is 95.5. The van der Waals surface area contributed by atoms with E-state index >= 15 is 0 Å². The molecule has 4 unspecified atom stereocenters. The number of hydrogen-bond donors (Lipinski definition) is 6. The Morgan fingerprint density at radius 3 is 0.948 bits per heavy atom. The van der Waals surface area contributed by atoms with E-state index in [0.29, 0.717) is 130 Å². The Bertz CT molecular complexity index is 4330. The molecule has 0 aliphatic heterocycles. The van der Waals surface area contributed by atoms with Gasteiger partial charge in [-0.05, 0) is 446 Å². The molecule has 6 N–H and O–H groups in total. The zero-order valence-electron chi connectivity index (χ0n) is 84.0. The molecule has 774 valence electrons. The number of tetrazole rings is 3. The summed E-state index contributed by atoms with van der Waals surface area (Å²) in [6.45, 7) is 34.7. The maximum atomic E-state index is 13.4. The van der Waals surface area contributed by atoms with Gasteiger partial charge in [0.1, 0.15) is 30.5 Å². The third-order valence-electron chi connectivity index (χ3n) is 42.6. The number of halogens is 3. The van der Waals surface area contributed by atoms with Gasteiger partial charge < -0.3 is 44.5 Å². The summed E-state index contributed by atoms with van der Waals surface area (Å²) in [5.41, 5.74) is -0.819. The van der Waals surface area contributed by atoms with Gasteiger partial charge in [-0.25, -0.2) is 4.68 Å². The number of carbonyl (C=O) groups is 4. The molecule has 3 aromatic heterocycles. The number of methoxy groups -OCH3 is 4. The molecule has 25 nitrogen and oxygen atoms in total. The van der Waals surface area contributed by atoms with Crippen LogP contribution in [0.15, 0.2) is 0 Å². The molecule has 0 bridgehead atoms. The first-order chi connectivity index (χ1) is 62.0. The fourth-order valence-electron chi connectivity index (χ4n) is 36.6. The van der Waals surface area contributed by atoms with E-state index < -0.39 is 22.4 Å². The minimum Gasteiger partial charge on any atom is -0.400 e. The minimum absolute atomic E-state index is 0. The van der Waals surface area contributed by atoms with Crippen LogP contribution >= 0.6 is 44.2 Å². The number of aromatic amines is 1. The summed E-state index contributed by atoms with van der Waals surface area (Å²) in [6, 6.07) is 0. The van der Waals surface area contributed by atoms with Gasteiger partial charge in [-0.2, -0.15) is 10.0 Å². The van der Waals surface area contributed by atoms with Crippen LogP contribution in [0.5, 0.6) is 0 Å². The number of H-pyrrole nitrogens is 1. The number of rotatable bonds is 17. The molecule has 0 saturated heterocycles. The van der Waals surface area contributed by atoms with E-state index in [4.69, 9.17) is 24.1 Å². The molecule has 19 rings (SSSR count). The van der Waals surface area contributed by atoms with Crippen molar-refractivity contribution in [2.24, 2.45) is 162 Å². The van der Waals surface area contributed by atoms with Gasteiger partial charge in [-0.1, -0.05) is 78.5 Å². The fourth-order valence-corrected chi connectivity index (χ4v) is 37.0. The summed E-state index contributed by atoms with van der Waals surface area (Å²) in [7, 11) is 8.48. The van der Waals surface area contributed by atoms with Crippen molar-refractivity contribution < 1.29 is 63.7 Å². The summed E-state index contributed by atoms with van der Waals surface area (Å²) in [5.74, 6) is 14.4. The predicted octanol–water partition coefficient (Wildman–Crippen LogP) is 21.7. The maximum absolute atomic E-state index is 13.4. The molecule has 135 heavy (non-hydrogen) atoms. The Labute approximate surface area is 837 Å². The lowest BCUT2D eigenvalue weighted by Crippen LogP contribution is -2.60. The normalized spacial score (nSPS) is 44.2. The third kappa shape index (κ3) is 21.1. The molecule has 16 fully saturated rings. The molecule has 3 aromatic rings. The van der Waals surface area contributed by atoms with E-state index in [0.717, 1.165) is 147 Å². The van der Waals surface area contributed by atoms with E-state index in [1.54, 1.807) is 18.5 Å². The van der Waals surface area contributed by atoms with Gasteiger partial charge in [0.15, 0.2) is 23.2 Å². The van der Waals surface area contributed by atoms with Crippen LogP contribution in [-0.2, 0) is 51.2 Å². The first-order valence-electron chi connectivity index (χ1n) is 51.4. The first-order valence-corrected chi connectivity index (χ1v) is 56.2. The molecule has 16 saturated carbocycles. The number of aromatic nitrogens is 12. The summed E-state index contributed by atoms with van der Waals surface area (Å²) in [4.78, 5) is 53.3. The molecule has 28 heteroatoms. The molecule has 0 radical (unpaired) electrons. The molecule has 3 heterocycles. The average Bonchev–Trinajstić information content (AvgIpc) is 1.70. The number of nitrogens with one attached hydrogen (secondary N) is 1. The van der Waals surface area contributed by atoms with E-state index in [2.05, 4.69) is 151 Å². The standard InChI is InChI=1S/2C26H42N4O3.C24H39BrO3.C24H40O3.C2H4N4.CH4O.4CH4.Br2/c1-16(33-5)26-13-12-24(3,32)14-18(26)6-7-19-20-8-9-22(25(20,4)11-10-21(19)26)23(31)15-30-17(2)27-28-29-30;1-16(33-5)26-13-12-24(3,32)14-18(26)6-7-19-20-8-9-22(25(20,4)11-10-21(19)26)23(31)15-30-28-17(2)27-29-30;1-15(28-4)24-12-11-22(2,27)13-16(24)5-6-17-18-7-8-20(21(26)14-25)23(18,3)10-9-19(17)24;1-15(25)19-8-9-20-18-7-6-17-14-22(3,26)12-13-24(17,16(2)27-5)21(18)10-11-23(19,20)4;1-2-3-5-6-4-2;1-2;;;;;1-2/h2*16,18-22,32H,6-15H2,1-5H3;15-20,27H,5-14H2,1-4H3;16-21,26H,6-14H2,1-5H3;1H3,(H,3,4,5,6);2H,1H3;4*1H4;/t2*16?,18-,19+,20+,21+,22-,24-,25+,26-;15?,16-,17+,18+,19+,20-,22-,23+,24-;16?,17-,18+,19-,20+,21+,22-,23-,24-;;;;;;;/m1111......./s1. The molecular weight excluding hydrogens is 1900 g/mol. The number of hydrogen-bond acceptors (Lipinski definition) is 22. The molecular formula is C107H187Br3N12O13. The smallest absolute Gasteiger partial charge is 0.171 e. The molecule has 0 spiro atoms. The van der Waals surface area contributed by atoms with Crippen molar-refractivity contribution >= 4 is 67.3 Å². The van der Waals surface area contributed by atoms with Crippen molar-refractivity contribution in [2.75, 3.05) is 40.9 Å². The number of ketones is 4. The highest BCUT2D eigenvalue weighted by Crippen LogP contribution is 2.75. The van der Waals surface area contributed by atoms with Gasteiger partial charge in [-0.3, -0.25) is 19.2 Å². The molecule has 36 atom stereocenters. The number of fused-ring (bicyclic) bond motifs is 20. The van der Waals surface area contributed by atoms with E-state index in [1.807, 2.05) is 70.0 Å². The maximum Gasteiger partial charge on any atom is 0.171 e. The van der Waals surface area contributed by atoms with Gasteiger partial charge in [0, 0.05) is 109 Å². The summed E-state index contributed by atoms with van der Waals surface area (Å²) in [6.07, 6.45) is 40.6. The quantitative estimate of drug-likeness (QED) is 0.0684. The Hall–Kier alpha value is -3.03. The lowest BCUT2D eigenvalue weighted by Gasteiger charge is -2.64. The topological polar surface area (TPSA) is 348 Å². The third-order valence-corrected chi connectivity index (χ3v) is 43.2. The van der Waals surface area contributed by atoms with E-state index in [9.17, 15) is 39.6 Å². The SMILES string of the molecule is BrBr.C.C.C.C.CO.COC(C)[C@]12CC[C@@](C)(O)C[C@H]1CC[C@H]1[C@@H]3CC[C@H](C(=O)CBr)[C@@]3(C)CC[C@@H]12.COC(C)[C@]12CC[C@@](C)(O)C[C@H]1CC[C@H]1[C@@H]3CC[C@H](C(=O)Cn4nnc(C)n4)[C@@]3(C)CC[C@@H]12.COC(C)[C@]12CC[C@@](C)(O)C[C@H]1CC[C@H]1[C@@H]3CC[C@H](C(=O)Cn4nnnc4C)[C@@]3(C)CC[C@@H]12.COC(C)[C@]12CC[C@@](C)(O)C[C@H]1CC[C@H]1[C@@H]3CC[C@H](C(C)=O)[C@@]3(C)CC[C@@H]12.Cc1nn[nH]n1. The van der Waals surface area contributed by atoms with E-state index in [1.165, 1.54) is 108 Å². The lowest BCUT2D eigenvalue weighted by atomic mass is 9.42. The van der Waals surface area contributed by atoms with Gasteiger partial charge in [-0.15, -0.1) is 25.5 Å². The number of alkyl halides is 1. The van der Waals surface area contributed by atoms with Crippen molar-refractivity contribution in [1.82, 2.24) is 61.0 Å². The molecule has 0 amide bonds. The number of ether oxygens (including phenoxy) is 4. The van der Waals surface area contributed by atoms with Crippen LogP contribution in [0.3, 0.4) is 0 Å². The Balaban J connectivity index is 0.000000194. The number of nitrogens with zero attached hydrogens (tertiary/aromatic N) is 11. The second-order valence-electron chi connectivity index (χ2n) is 47.9. The van der Waals surface area contributed by atoms with Crippen LogP contribution < -0.4 is 0 Å². The number of Topliss-reactive ketones (excluding diaryl/α,β-unsaturated/α-hetero) is 4. The summed E-state index contributed by atoms with van der Waals surface area (Å²) in [5, 5.41) is 87.5. The highest BCUT2D eigenvalue weighted by atomic mass is 80.9. The van der Waals surface area contributed by atoms with Gasteiger partial charge >= 0.3 is 0 Å². The largest absolute Gasteiger partial charge is 0.400 e. The Kier molecular flexibility index (Phi) is 38.8. The first kappa shape index (κ1) is 116. The molecule has 16 aliphatic carbocycles. The fraction of sp³-hybridized carbons (Fsp3) is 0.935. The van der Waals surface area contributed by atoms with Crippen LogP contribution in [0.4, 0.5) is 0 Å². The Morgan fingerprint density at radius 1 is 0.393 bits per heavy atom. The van der Waals surface area contributed by atoms with Gasteiger partial charge in [0.25, 0.3) is 0 Å². The summed E-state index contributed by atoms with van der Waals surface area (Å²) < 4.78 is 25.9. The van der Waals surface area contributed by atoms with Crippen molar-refractivity contribution in [3.05, 3.63) is 17.5 Å². The number of aryl methyl sites for hydroxylation is 3. The highest BCUT2D eigenvalue weighted by Gasteiger charge is 2.71. The van der Waals surface area contributed by atoms with Crippen LogP contribution in [0.25, 0.3) is 0 Å². The second-order valence-corrected chi connectivity index (χ2v) is 48.5. The Morgan fingerprint density at radius 2 is 0.696 bits per heavy atom. The van der Waals surface area contributed by atoms with Crippen LogP contribution in [0.1, 0.15) is 368 Å². The van der Waals surface area contributed by atoms with Crippen molar-refractivity contribution in [1.29, 1.82) is 0 Å². The number of carbonyl (C=O) groups excluding carboxylic acids is 4. The van der Waals surface area contributed by atoms with Crippen LogP contribution in [0, 0.1) is 182 Å². The molecule has 0 aromatic carbocycles. The monoisotopic (exact) mass is 2090 g/mol. The second kappa shape index (κ2) is 45.3. The number of aliphatic hydroxyl groups is 5. The predicted molar refractivity (Wildman–Crippen MR) is 543 cm³/mol. The van der Waals surface area contributed by atoms with Crippen molar-refractivity contribution in [2.45, 2.75) is 432 Å². The minimum atomic E-state index is -0.545. The number of aliphatic hydroxyl groups excluding tert-OH is 1. The van der Waals surface area contributed by atoms with E-state index in [-0.39, 0.29) is 133 Å². The lowest BCUT2D eigenvalue weighted by molar-refractivity contribution is -0.199. The van der Waals surface area contributed by atoms with Gasteiger partial charge in [0.2, 0.25) is 0 Å². The molecule has 16 aliphatic rings. The average molecular weight is 2090 g/mol. The summed E-state index contributed by atoms with van der Waals surface area (Å²) >= 11 is 8.94. The van der Waals surface area contributed by atoms with Crippen molar-refractivity contribution in [3.63, 3.8) is 0 Å². The van der Waals surface area contributed by atoms with Gasteiger partial charge in [0.05, 0.1) is 52.2 Å². The zero-order valence-corrected chi connectivity index (χ0v) is 88.7. The highest BCUT2D eigenvalue weighted by molar-refractivity contribution is 9.93. The van der Waals surface area contributed by atoms with Crippen LogP contribution in [-0.4, -0.2) is 197 Å².